The summed E-state index contributed by atoms with van der Waals surface area (Å²) in [6.45, 7) is -3.76. The fourth-order valence-corrected chi connectivity index (χ4v) is 0. The van der Waals surface area contributed by atoms with Crippen molar-refractivity contribution >= 4 is 18.5 Å². The van der Waals surface area contributed by atoms with E-state index >= 15 is 0 Å². The molecule has 0 rings (SSSR count). The van der Waals surface area contributed by atoms with Gasteiger partial charge in [0.15, 0.2) is 0 Å². The lowest BCUT2D eigenvalue weighted by molar-refractivity contribution is -0.147. The zero-order valence-electron chi connectivity index (χ0n) is 2.61. The normalized spacial score (nSPS) is 11.8. The molecule has 4 nitrogen and oxygen atoms in total. The van der Waals surface area contributed by atoms with E-state index in [9.17, 15) is 0 Å². The molecule has 0 amide bonds. The van der Waals surface area contributed by atoms with Gasteiger partial charge >= 0.3 is 6.72 Å². The molecule has 0 unspecified atom stereocenters. The van der Waals surface area contributed by atoms with Crippen molar-refractivity contribution in [2.24, 2.45) is 0 Å². The van der Waals surface area contributed by atoms with Gasteiger partial charge in [0.2, 0.25) is 0 Å². The third-order valence-electron chi connectivity index (χ3n) is 0.106. The summed E-state index contributed by atoms with van der Waals surface area (Å²) in [6.07, 6.45) is 0. The molecule has 0 aliphatic carbocycles. The van der Waals surface area contributed by atoms with Crippen LogP contribution in [0.3, 0.4) is 0 Å². The fraction of sp³-hybridized carbons (Fsp3) is 0. The van der Waals surface area contributed by atoms with E-state index in [-0.39, 0.29) is 0 Å². The maximum Gasteiger partial charge on any atom is 0.350 e. The minimum absolute atomic E-state index is 2.97. The Bertz CT molecular complexity index is 71.6. The topological polar surface area (TPSA) is 69.9 Å². The Morgan fingerprint density at radius 1 is 1.50 bits per heavy atom. The molecule has 0 saturated heterocycles. The first-order valence-electron chi connectivity index (χ1n) is 0.948. The van der Waals surface area contributed by atoms with Gasteiger partial charge in [0, 0.05) is 0 Å². The highest BCUT2D eigenvalue weighted by Gasteiger charge is 2.03. The van der Waals surface area contributed by atoms with Crippen molar-refractivity contribution in [3.63, 3.8) is 0 Å². The summed E-state index contributed by atoms with van der Waals surface area (Å²) in [5.41, 5.74) is 0. The SMILES string of the molecule is OOP(O)(O)=S. The molecule has 0 fully saturated rings. The Labute approximate surface area is 39.2 Å². The van der Waals surface area contributed by atoms with Crippen LogP contribution in [0.1, 0.15) is 0 Å². The summed E-state index contributed by atoms with van der Waals surface area (Å²) >= 11 is 3.74. The molecule has 0 atom stereocenters. The van der Waals surface area contributed by atoms with Crippen molar-refractivity contribution in [3.8, 4) is 0 Å². The molecule has 0 heterocycles. The lowest BCUT2D eigenvalue weighted by Gasteiger charge is -1.95. The Morgan fingerprint density at radius 2 is 1.67 bits per heavy atom. The van der Waals surface area contributed by atoms with Crippen LogP contribution in [-0.2, 0) is 16.5 Å². The smallest absolute Gasteiger partial charge is 0.323 e. The predicted molar refractivity (Wildman–Crippen MR) is 22.4 cm³/mol. The van der Waals surface area contributed by atoms with Gasteiger partial charge in [-0.25, -0.2) is 5.26 Å². The van der Waals surface area contributed by atoms with Crippen LogP contribution in [0.15, 0.2) is 0 Å². The molecule has 6 heteroatoms. The summed E-state index contributed by atoms with van der Waals surface area (Å²) in [6, 6.07) is 0. The van der Waals surface area contributed by atoms with Crippen molar-refractivity contribution in [2.75, 3.05) is 0 Å². The Balaban J connectivity index is 3.48. The van der Waals surface area contributed by atoms with Crippen LogP contribution in [-0.4, -0.2) is 15.0 Å². The van der Waals surface area contributed by atoms with Crippen LogP contribution in [0, 0.1) is 0 Å². The zero-order chi connectivity index (χ0) is 5.21. The molecule has 0 aliphatic heterocycles. The lowest BCUT2D eigenvalue weighted by atomic mass is 15.0. The van der Waals surface area contributed by atoms with E-state index < -0.39 is 6.72 Å². The highest BCUT2D eigenvalue weighted by Crippen LogP contribution is 2.33. The van der Waals surface area contributed by atoms with Gasteiger partial charge in [-0.1, -0.05) is 0 Å². The van der Waals surface area contributed by atoms with Crippen LogP contribution in [0.2, 0.25) is 0 Å². The first-order valence-corrected chi connectivity index (χ1v) is 3.57. The quantitative estimate of drug-likeness (QED) is 0.258. The van der Waals surface area contributed by atoms with E-state index in [0.717, 1.165) is 0 Å². The molecule has 0 aromatic carbocycles. The first kappa shape index (κ1) is 6.49. The van der Waals surface area contributed by atoms with Crippen molar-refractivity contribution < 1.29 is 19.7 Å². The third kappa shape index (κ3) is 4.49. The Hall–Kier alpha value is 0.490. The molecule has 3 N–H and O–H groups in total. The third-order valence-corrected chi connectivity index (χ3v) is 0.519. The Kier molecular flexibility index (Phi) is 2.13. The average Bonchev–Trinajstić information content (AvgIpc) is 1.35. The first-order chi connectivity index (χ1) is 2.56. The van der Waals surface area contributed by atoms with Gasteiger partial charge in [-0.05, 0) is 11.8 Å². The second-order valence-corrected chi connectivity index (χ2v) is 3.14. The van der Waals surface area contributed by atoms with Gasteiger partial charge < -0.3 is 9.79 Å². The molecule has 0 radical (unpaired) electrons. The minimum Gasteiger partial charge on any atom is -0.323 e. The molecule has 38 valence electrons. The number of hydrogen-bond donors (Lipinski definition) is 3. The van der Waals surface area contributed by atoms with Gasteiger partial charge in [0.1, 0.15) is 0 Å². The predicted octanol–water partition coefficient (Wildman–Crippen LogP) is -0.315. The molecule has 6 heavy (non-hydrogen) atoms. The van der Waals surface area contributed by atoms with Gasteiger partial charge in [-0.2, -0.15) is 4.67 Å². The molecule has 0 spiro atoms. The Morgan fingerprint density at radius 3 is 1.67 bits per heavy atom. The van der Waals surface area contributed by atoms with Gasteiger partial charge in [0.25, 0.3) is 0 Å². The van der Waals surface area contributed by atoms with Gasteiger partial charge in [-0.3, -0.25) is 0 Å². The van der Waals surface area contributed by atoms with Crippen LogP contribution >= 0.6 is 6.72 Å². The van der Waals surface area contributed by atoms with Crippen molar-refractivity contribution in [1.82, 2.24) is 0 Å². The summed E-state index contributed by atoms with van der Waals surface area (Å²) < 4.78 is 2.97. The second-order valence-electron chi connectivity index (χ2n) is 0.572. The molecule has 0 bridgehead atoms. The average molecular weight is 130 g/mol. The second kappa shape index (κ2) is 1.97. The molecular weight excluding hydrogens is 127 g/mol. The van der Waals surface area contributed by atoms with E-state index in [1.807, 2.05) is 0 Å². The monoisotopic (exact) mass is 130 g/mol. The summed E-state index contributed by atoms with van der Waals surface area (Å²) in [4.78, 5) is 15.7. The standard InChI is InChI=1S/H3O4PS/c1-4-5(2,3)6/h1H,(H2,2,3,6). The van der Waals surface area contributed by atoms with Crippen molar-refractivity contribution in [2.45, 2.75) is 0 Å². The molecule has 0 saturated carbocycles. The zero-order valence-corrected chi connectivity index (χ0v) is 4.32. The van der Waals surface area contributed by atoms with Crippen LogP contribution in [0.25, 0.3) is 0 Å². The summed E-state index contributed by atoms with van der Waals surface area (Å²) in [5.74, 6) is 0. The van der Waals surface area contributed by atoms with Crippen LogP contribution < -0.4 is 0 Å². The van der Waals surface area contributed by atoms with Crippen molar-refractivity contribution in [1.29, 1.82) is 0 Å². The lowest BCUT2D eigenvalue weighted by Crippen LogP contribution is -1.76. The summed E-state index contributed by atoms with van der Waals surface area (Å²) in [5, 5.41) is 7.35. The van der Waals surface area contributed by atoms with Crippen molar-refractivity contribution in [3.05, 3.63) is 0 Å². The van der Waals surface area contributed by atoms with E-state index in [0.29, 0.717) is 0 Å². The van der Waals surface area contributed by atoms with Crippen LogP contribution in [0.4, 0.5) is 0 Å². The molecule has 0 aromatic rings. The molecule has 0 aliphatic rings. The van der Waals surface area contributed by atoms with Gasteiger partial charge in [0.05, 0.1) is 0 Å². The van der Waals surface area contributed by atoms with E-state index in [2.05, 4.69) is 16.5 Å². The molecular formula is H3O4PS. The highest BCUT2D eigenvalue weighted by molar-refractivity contribution is 8.06. The summed E-state index contributed by atoms with van der Waals surface area (Å²) in [7, 11) is 0. The van der Waals surface area contributed by atoms with Crippen LogP contribution in [0.5, 0.6) is 0 Å². The number of rotatable bonds is 1. The number of hydrogen-bond acceptors (Lipinski definition) is 3. The molecule has 0 aromatic heterocycles. The maximum absolute atomic E-state index is 7.84. The largest absolute Gasteiger partial charge is 0.350 e. The fourth-order valence-electron chi connectivity index (χ4n) is 0. The van der Waals surface area contributed by atoms with E-state index in [1.54, 1.807) is 0 Å². The maximum atomic E-state index is 7.84. The minimum atomic E-state index is -3.76. The highest BCUT2D eigenvalue weighted by atomic mass is 32.5. The van der Waals surface area contributed by atoms with E-state index in [4.69, 9.17) is 15.0 Å². The van der Waals surface area contributed by atoms with Gasteiger partial charge in [-0.15, -0.1) is 0 Å². The van der Waals surface area contributed by atoms with E-state index in [1.165, 1.54) is 0 Å².